The smallest absolute Gasteiger partial charge is 0.238 e. The van der Waals surface area contributed by atoms with E-state index in [1.54, 1.807) is 11.3 Å². The Morgan fingerprint density at radius 3 is 2.85 bits per heavy atom. The highest BCUT2D eigenvalue weighted by Gasteiger charge is 2.21. The van der Waals surface area contributed by atoms with Gasteiger partial charge in [0.1, 0.15) is 13.2 Å². The second-order valence-corrected chi connectivity index (χ2v) is 7.82. The molecule has 6 nitrogen and oxygen atoms in total. The predicted molar refractivity (Wildman–Crippen MR) is 105 cm³/mol. The maximum atomic E-state index is 12.6. The molecule has 0 radical (unpaired) electrons. The van der Waals surface area contributed by atoms with E-state index in [2.05, 4.69) is 21.7 Å². The molecule has 1 saturated heterocycles. The molecule has 2 aliphatic heterocycles. The van der Waals surface area contributed by atoms with E-state index in [1.165, 1.54) is 4.88 Å². The SMILES string of the molecule is O=C(CN(Cc1cccs1)CC1CCCO1)Nc1ccc2c(c1)OCCO2. The molecule has 1 unspecified atom stereocenters. The molecule has 1 N–H and O–H groups in total. The van der Waals surface area contributed by atoms with E-state index >= 15 is 0 Å². The fourth-order valence-electron chi connectivity index (χ4n) is 3.41. The summed E-state index contributed by atoms with van der Waals surface area (Å²) in [6, 6.07) is 9.64. The Balaban J connectivity index is 1.38. The molecule has 1 atom stereocenters. The van der Waals surface area contributed by atoms with E-state index in [-0.39, 0.29) is 12.0 Å². The first-order valence-corrected chi connectivity index (χ1v) is 10.2. The standard InChI is InChI=1S/C20H24N2O4S/c23-20(21-15-5-6-18-19(11-15)26-9-8-25-18)14-22(12-16-3-1-7-24-16)13-17-4-2-10-27-17/h2,4-6,10-11,16H,1,3,7-9,12-14H2,(H,21,23). The highest BCUT2D eigenvalue weighted by atomic mass is 32.1. The molecule has 1 fully saturated rings. The lowest BCUT2D eigenvalue weighted by Gasteiger charge is -2.24. The molecule has 0 spiro atoms. The van der Waals surface area contributed by atoms with Crippen LogP contribution >= 0.6 is 11.3 Å². The molecule has 4 rings (SSSR count). The summed E-state index contributed by atoms with van der Waals surface area (Å²) in [6.45, 7) is 3.76. The molecule has 0 aliphatic carbocycles. The number of rotatable bonds is 7. The lowest BCUT2D eigenvalue weighted by atomic mass is 10.2. The van der Waals surface area contributed by atoms with Gasteiger partial charge in [-0.3, -0.25) is 9.69 Å². The molecule has 3 heterocycles. The van der Waals surface area contributed by atoms with E-state index in [9.17, 15) is 4.79 Å². The van der Waals surface area contributed by atoms with Crippen LogP contribution in [0, 0.1) is 0 Å². The van der Waals surface area contributed by atoms with Crippen molar-refractivity contribution in [2.45, 2.75) is 25.5 Å². The topological polar surface area (TPSA) is 60.0 Å². The summed E-state index contributed by atoms with van der Waals surface area (Å²) in [5, 5.41) is 5.04. The number of nitrogens with one attached hydrogen (secondary N) is 1. The second kappa shape index (κ2) is 8.73. The van der Waals surface area contributed by atoms with E-state index in [0.717, 1.165) is 44.0 Å². The molecular formula is C20H24N2O4S. The van der Waals surface area contributed by atoms with Gasteiger partial charge >= 0.3 is 0 Å². The number of ether oxygens (including phenoxy) is 3. The number of carbonyl (C=O) groups excluding carboxylic acids is 1. The number of amides is 1. The van der Waals surface area contributed by atoms with Crippen molar-refractivity contribution >= 4 is 22.9 Å². The molecule has 7 heteroatoms. The zero-order chi connectivity index (χ0) is 18.5. The maximum Gasteiger partial charge on any atom is 0.238 e. The van der Waals surface area contributed by atoms with Crippen molar-refractivity contribution in [1.82, 2.24) is 4.90 Å². The minimum absolute atomic E-state index is 0.0405. The molecule has 1 amide bonds. The summed E-state index contributed by atoms with van der Waals surface area (Å²) >= 11 is 1.71. The van der Waals surface area contributed by atoms with Crippen LogP contribution in [-0.4, -0.2) is 49.8 Å². The van der Waals surface area contributed by atoms with Crippen LogP contribution < -0.4 is 14.8 Å². The Morgan fingerprint density at radius 1 is 1.19 bits per heavy atom. The minimum Gasteiger partial charge on any atom is -0.486 e. The van der Waals surface area contributed by atoms with Gasteiger partial charge in [-0.05, 0) is 36.4 Å². The summed E-state index contributed by atoms with van der Waals surface area (Å²) < 4.78 is 16.9. The lowest BCUT2D eigenvalue weighted by Crippen LogP contribution is -2.37. The monoisotopic (exact) mass is 388 g/mol. The molecule has 27 heavy (non-hydrogen) atoms. The van der Waals surface area contributed by atoms with E-state index < -0.39 is 0 Å². The van der Waals surface area contributed by atoms with Gasteiger partial charge in [0.05, 0.1) is 12.6 Å². The summed E-state index contributed by atoms with van der Waals surface area (Å²) in [7, 11) is 0. The molecule has 144 valence electrons. The first kappa shape index (κ1) is 18.3. The van der Waals surface area contributed by atoms with Crippen molar-refractivity contribution in [2.75, 3.05) is 38.2 Å². The van der Waals surface area contributed by atoms with Crippen LogP contribution in [-0.2, 0) is 16.1 Å². The summed E-state index contributed by atoms with van der Waals surface area (Å²) in [5.41, 5.74) is 0.720. The average Bonchev–Trinajstić information content (AvgIpc) is 3.36. The molecule has 0 bridgehead atoms. The van der Waals surface area contributed by atoms with Crippen LogP contribution in [0.4, 0.5) is 5.69 Å². The summed E-state index contributed by atoms with van der Waals surface area (Å²) in [5.74, 6) is 1.35. The molecular weight excluding hydrogens is 364 g/mol. The van der Waals surface area contributed by atoms with Crippen molar-refractivity contribution in [3.63, 3.8) is 0 Å². The number of fused-ring (bicyclic) bond motifs is 1. The van der Waals surface area contributed by atoms with E-state index in [4.69, 9.17) is 14.2 Å². The molecule has 1 aromatic carbocycles. The Kier molecular flexibility index (Phi) is 5.91. The molecule has 2 aromatic rings. The van der Waals surface area contributed by atoms with Gasteiger partial charge in [0.25, 0.3) is 0 Å². The normalized spacial score (nSPS) is 18.6. The highest BCUT2D eigenvalue weighted by Crippen LogP contribution is 2.32. The Morgan fingerprint density at radius 2 is 2.07 bits per heavy atom. The van der Waals surface area contributed by atoms with Gasteiger partial charge in [-0.15, -0.1) is 11.3 Å². The zero-order valence-corrected chi connectivity index (χ0v) is 16.0. The van der Waals surface area contributed by atoms with Crippen LogP contribution in [0.3, 0.4) is 0 Å². The van der Waals surface area contributed by atoms with Gasteiger partial charge in [-0.25, -0.2) is 0 Å². The summed E-state index contributed by atoms with van der Waals surface area (Å²) in [6.07, 6.45) is 2.37. The molecule has 2 aliphatic rings. The zero-order valence-electron chi connectivity index (χ0n) is 15.2. The van der Waals surface area contributed by atoms with Crippen LogP contribution in [0.15, 0.2) is 35.7 Å². The van der Waals surface area contributed by atoms with Crippen molar-refractivity contribution in [2.24, 2.45) is 0 Å². The van der Waals surface area contributed by atoms with E-state index in [0.29, 0.717) is 25.5 Å². The Bertz CT molecular complexity index is 759. The number of carbonyl (C=O) groups is 1. The molecule has 1 aromatic heterocycles. The van der Waals surface area contributed by atoms with Crippen molar-refractivity contribution in [3.05, 3.63) is 40.6 Å². The molecule has 0 saturated carbocycles. The van der Waals surface area contributed by atoms with Crippen molar-refractivity contribution < 1.29 is 19.0 Å². The number of thiophene rings is 1. The van der Waals surface area contributed by atoms with Gasteiger partial charge in [-0.2, -0.15) is 0 Å². The average molecular weight is 388 g/mol. The van der Waals surface area contributed by atoms with E-state index in [1.807, 2.05) is 24.3 Å². The van der Waals surface area contributed by atoms with Crippen LogP contribution in [0.25, 0.3) is 0 Å². The van der Waals surface area contributed by atoms with Crippen molar-refractivity contribution in [3.8, 4) is 11.5 Å². The number of benzene rings is 1. The highest BCUT2D eigenvalue weighted by molar-refractivity contribution is 7.09. The largest absolute Gasteiger partial charge is 0.486 e. The third-order valence-corrected chi connectivity index (χ3v) is 5.50. The van der Waals surface area contributed by atoms with Crippen LogP contribution in [0.2, 0.25) is 0 Å². The first-order valence-electron chi connectivity index (χ1n) is 9.32. The first-order chi connectivity index (χ1) is 13.3. The fraction of sp³-hybridized carbons (Fsp3) is 0.450. The van der Waals surface area contributed by atoms with Gasteiger partial charge in [0, 0.05) is 36.3 Å². The summed E-state index contributed by atoms with van der Waals surface area (Å²) in [4.78, 5) is 16.0. The Hall–Kier alpha value is -2.09. The van der Waals surface area contributed by atoms with Crippen LogP contribution in [0.5, 0.6) is 11.5 Å². The third-order valence-electron chi connectivity index (χ3n) is 4.64. The quantitative estimate of drug-likeness (QED) is 0.790. The van der Waals surface area contributed by atoms with Gasteiger partial charge in [0.2, 0.25) is 5.91 Å². The second-order valence-electron chi connectivity index (χ2n) is 6.79. The van der Waals surface area contributed by atoms with Gasteiger partial charge in [0.15, 0.2) is 11.5 Å². The maximum absolute atomic E-state index is 12.6. The van der Waals surface area contributed by atoms with Crippen LogP contribution in [0.1, 0.15) is 17.7 Å². The number of anilines is 1. The van der Waals surface area contributed by atoms with Crippen molar-refractivity contribution in [1.29, 1.82) is 0 Å². The Labute approximate surface area is 163 Å². The number of hydrogen-bond donors (Lipinski definition) is 1. The predicted octanol–water partition coefficient (Wildman–Crippen LogP) is 3.14. The fourth-order valence-corrected chi connectivity index (χ4v) is 4.16. The number of nitrogens with zero attached hydrogens (tertiary/aromatic N) is 1. The lowest BCUT2D eigenvalue weighted by molar-refractivity contribution is -0.117. The number of hydrogen-bond acceptors (Lipinski definition) is 6. The van der Waals surface area contributed by atoms with Gasteiger partial charge in [-0.1, -0.05) is 6.07 Å². The van der Waals surface area contributed by atoms with Gasteiger partial charge < -0.3 is 19.5 Å². The minimum atomic E-state index is -0.0405. The third kappa shape index (κ3) is 5.00.